The average Bonchev–Trinajstić information content (AvgIpc) is 3.07. The predicted octanol–water partition coefficient (Wildman–Crippen LogP) is 3.14. The summed E-state index contributed by atoms with van der Waals surface area (Å²) in [5, 5.41) is 10.4. The number of benzene rings is 2. The molecule has 2 N–H and O–H groups in total. The normalized spacial score (nSPS) is 11.1. The highest BCUT2D eigenvalue weighted by atomic mass is 35.5. The molecule has 8 nitrogen and oxygen atoms in total. The van der Waals surface area contributed by atoms with Crippen molar-refractivity contribution in [1.82, 2.24) is 19.8 Å². The van der Waals surface area contributed by atoms with E-state index in [0.717, 1.165) is 0 Å². The van der Waals surface area contributed by atoms with Crippen LogP contribution in [0.15, 0.2) is 41.2 Å². The molecular formula is C17H11Cl2N5O3. The lowest BCUT2D eigenvalue weighted by molar-refractivity contribution is 0.102. The molecule has 2 aromatic carbocycles. The van der Waals surface area contributed by atoms with Gasteiger partial charge in [-0.3, -0.25) is 9.59 Å². The molecule has 10 heteroatoms. The van der Waals surface area contributed by atoms with Gasteiger partial charge >= 0.3 is 0 Å². The number of hydrogen-bond acceptors (Lipinski definition) is 5. The van der Waals surface area contributed by atoms with Crippen molar-refractivity contribution in [3.05, 3.63) is 62.5 Å². The Hall–Kier alpha value is -3.10. The van der Waals surface area contributed by atoms with Gasteiger partial charge < -0.3 is 10.1 Å². The zero-order chi connectivity index (χ0) is 19.1. The van der Waals surface area contributed by atoms with Gasteiger partial charge in [-0.2, -0.15) is 4.98 Å². The number of rotatable bonds is 3. The van der Waals surface area contributed by atoms with Crippen molar-refractivity contribution in [3.8, 4) is 5.75 Å². The topological polar surface area (TPSA) is 101 Å². The van der Waals surface area contributed by atoms with Crippen LogP contribution in [0.3, 0.4) is 0 Å². The highest BCUT2D eigenvalue weighted by Gasteiger charge is 2.19. The van der Waals surface area contributed by atoms with Gasteiger partial charge in [-0.05, 0) is 30.3 Å². The molecule has 4 rings (SSSR count). The van der Waals surface area contributed by atoms with Gasteiger partial charge in [0.25, 0.3) is 11.5 Å². The van der Waals surface area contributed by atoms with E-state index in [4.69, 9.17) is 27.9 Å². The molecule has 27 heavy (non-hydrogen) atoms. The fraction of sp³-hybridized carbons (Fsp3) is 0.0588. The Morgan fingerprint density at radius 1 is 1.22 bits per heavy atom. The summed E-state index contributed by atoms with van der Waals surface area (Å²) in [6.45, 7) is 0. The number of ether oxygens (including phenoxy) is 1. The summed E-state index contributed by atoms with van der Waals surface area (Å²) >= 11 is 12.1. The number of anilines is 1. The number of H-pyrrole nitrogens is 1. The number of carbonyl (C=O) groups is 1. The van der Waals surface area contributed by atoms with Crippen LogP contribution >= 0.6 is 23.2 Å². The molecule has 0 atom stereocenters. The van der Waals surface area contributed by atoms with E-state index in [2.05, 4.69) is 20.6 Å². The van der Waals surface area contributed by atoms with Gasteiger partial charge in [0.2, 0.25) is 0 Å². The maximum Gasteiger partial charge on any atom is 0.281 e. The molecule has 136 valence electrons. The third-order valence-electron chi connectivity index (χ3n) is 3.96. The van der Waals surface area contributed by atoms with Gasteiger partial charge in [-0.25, -0.2) is 9.73 Å². The molecule has 1 amide bonds. The van der Waals surface area contributed by atoms with E-state index in [1.165, 1.54) is 17.7 Å². The summed E-state index contributed by atoms with van der Waals surface area (Å²) in [5.74, 6) is -0.0529. The van der Waals surface area contributed by atoms with Crippen LogP contribution in [-0.4, -0.2) is 32.8 Å². The number of halogens is 2. The predicted molar refractivity (Wildman–Crippen MR) is 102 cm³/mol. The number of aromatic amines is 1. The lowest BCUT2D eigenvalue weighted by Gasteiger charge is -2.08. The number of fused-ring (bicyclic) bond motifs is 3. The number of hydrogen-bond donors (Lipinski definition) is 2. The third-order valence-corrected chi connectivity index (χ3v) is 4.52. The Morgan fingerprint density at radius 2 is 2.04 bits per heavy atom. The Labute approximate surface area is 161 Å². The Bertz CT molecular complexity index is 1260. The van der Waals surface area contributed by atoms with E-state index in [9.17, 15) is 9.59 Å². The van der Waals surface area contributed by atoms with Crippen molar-refractivity contribution in [2.24, 2.45) is 0 Å². The quantitative estimate of drug-likeness (QED) is 0.546. The van der Waals surface area contributed by atoms with E-state index in [1.807, 2.05) is 0 Å². The van der Waals surface area contributed by atoms with Crippen LogP contribution in [-0.2, 0) is 0 Å². The molecule has 0 unspecified atom stereocenters. The van der Waals surface area contributed by atoms with Crippen LogP contribution in [0, 0.1) is 0 Å². The molecular weight excluding hydrogens is 393 g/mol. The summed E-state index contributed by atoms with van der Waals surface area (Å²) in [5.41, 5.74) is 0.369. The maximum absolute atomic E-state index is 12.7. The Kier molecular flexibility index (Phi) is 4.21. The fourth-order valence-electron chi connectivity index (χ4n) is 2.67. The second-order valence-electron chi connectivity index (χ2n) is 5.60. The standard InChI is InChI=1S/C17H11Cl2N5O3/c1-27-9-3-4-11(19)12(7-9)20-17(26)14-15-21-16(25)10-6-8(18)2-5-13(10)24(15)23-22-14/h2-7,23H,1H3,(H,20,26). The first kappa shape index (κ1) is 17.3. The SMILES string of the molecule is COc1ccc(Cl)c(NC(=O)c2n[nH]n3c2nc(=O)c2cc(Cl)ccc23)c1. The molecule has 0 aliphatic heterocycles. The van der Waals surface area contributed by atoms with Crippen LogP contribution in [0.1, 0.15) is 10.5 Å². The van der Waals surface area contributed by atoms with Crippen LogP contribution < -0.4 is 15.6 Å². The van der Waals surface area contributed by atoms with Gasteiger partial charge in [0.15, 0.2) is 11.3 Å². The smallest absolute Gasteiger partial charge is 0.281 e. The second kappa shape index (κ2) is 6.57. The first-order valence-electron chi connectivity index (χ1n) is 7.69. The molecule has 0 bridgehead atoms. The lowest BCUT2D eigenvalue weighted by atomic mass is 10.2. The van der Waals surface area contributed by atoms with Gasteiger partial charge in [0, 0.05) is 11.1 Å². The van der Waals surface area contributed by atoms with Crippen molar-refractivity contribution in [2.75, 3.05) is 12.4 Å². The molecule has 0 aliphatic carbocycles. The number of aromatic nitrogens is 4. The zero-order valence-electron chi connectivity index (χ0n) is 13.8. The first-order valence-corrected chi connectivity index (χ1v) is 8.45. The van der Waals surface area contributed by atoms with Crippen molar-refractivity contribution in [1.29, 1.82) is 0 Å². The average molecular weight is 404 g/mol. The molecule has 2 aromatic heterocycles. The third kappa shape index (κ3) is 2.98. The fourth-order valence-corrected chi connectivity index (χ4v) is 3.00. The van der Waals surface area contributed by atoms with E-state index in [0.29, 0.717) is 32.4 Å². The number of methoxy groups -OCH3 is 1. The molecule has 4 aromatic rings. The molecule has 2 heterocycles. The van der Waals surface area contributed by atoms with E-state index in [1.54, 1.807) is 30.3 Å². The van der Waals surface area contributed by atoms with Crippen molar-refractivity contribution >= 4 is 51.3 Å². The minimum absolute atomic E-state index is 0.0529. The Balaban J connectivity index is 1.80. The summed E-state index contributed by atoms with van der Waals surface area (Å²) in [6.07, 6.45) is 0. The largest absolute Gasteiger partial charge is 0.497 e. The summed E-state index contributed by atoms with van der Waals surface area (Å²) in [7, 11) is 1.50. The van der Waals surface area contributed by atoms with E-state index < -0.39 is 11.5 Å². The molecule has 0 saturated carbocycles. The number of nitrogens with zero attached hydrogens (tertiary/aromatic N) is 3. The van der Waals surface area contributed by atoms with Gasteiger partial charge in [0.05, 0.1) is 28.7 Å². The summed E-state index contributed by atoms with van der Waals surface area (Å²) < 4.78 is 6.57. The summed E-state index contributed by atoms with van der Waals surface area (Å²) in [6, 6.07) is 9.62. The van der Waals surface area contributed by atoms with Crippen LogP contribution in [0.2, 0.25) is 10.0 Å². The minimum Gasteiger partial charge on any atom is -0.497 e. The van der Waals surface area contributed by atoms with Gasteiger partial charge in [-0.15, -0.1) is 5.10 Å². The number of carbonyl (C=O) groups excluding carboxylic acids is 1. The first-order chi connectivity index (χ1) is 13.0. The highest BCUT2D eigenvalue weighted by molar-refractivity contribution is 6.34. The number of nitrogens with one attached hydrogen (secondary N) is 2. The van der Waals surface area contributed by atoms with E-state index in [-0.39, 0.29) is 11.3 Å². The van der Waals surface area contributed by atoms with E-state index >= 15 is 0 Å². The molecule has 0 radical (unpaired) electrons. The van der Waals surface area contributed by atoms with Crippen LogP contribution in [0.5, 0.6) is 5.75 Å². The lowest BCUT2D eigenvalue weighted by Crippen LogP contribution is -2.16. The molecule has 0 aliphatic rings. The molecule has 0 spiro atoms. The van der Waals surface area contributed by atoms with Crippen molar-refractivity contribution < 1.29 is 9.53 Å². The van der Waals surface area contributed by atoms with Gasteiger partial charge in [-0.1, -0.05) is 23.2 Å². The highest BCUT2D eigenvalue weighted by Crippen LogP contribution is 2.27. The van der Waals surface area contributed by atoms with Crippen LogP contribution in [0.4, 0.5) is 5.69 Å². The zero-order valence-corrected chi connectivity index (χ0v) is 15.3. The second-order valence-corrected chi connectivity index (χ2v) is 6.44. The van der Waals surface area contributed by atoms with Crippen LogP contribution in [0.25, 0.3) is 16.6 Å². The van der Waals surface area contributed by atoms with Crippen molar-refractivity contribution in [2.45, 2.75) is 0 Å². The summed E-state index contributed by atoms with van der Waals surface area (Å²) in [4.78, 5) is 29.0. The number of amides is 1. The molecule has 0 fully saturated rings. The maximum atomic E-state index is 12.7. The minimum atomic E-state index is -0.580. The van der Waals surface area contributed by atoms with Gasteiger partial charge in [0.1, 0.15) is 5.75 Å². The Morgan fingerprint density at radius 3 is 2.81 bits per heavy atom. The monoisotopic (exact) mass is 403 g/mol. The molecule has 0 saturated heterocycles. The van der Waals surface area contributed by atoms with Crippen molar-refractivity contribution in [3.63, 3.8) is 0 Å².